The lowest BCUT2D eigenvalue weighted by Gasteiger charge is -2.34. The molecule has 5 rings (SSSR count). The zero-order valence-corrected chi connectivity index (χ0v) is 20.5. The van der Waals surface area contributed by atoms with Gasteiger partial charge in [-0.15, -0.1) is 11.3 Å². The molecule has 9 heteroatoms. The van der Waals surface area contributed by atoms with Gasteiger partial charge in [0.15, 0.2) is 0 Å². The standard InChI is InChI=1S/C26H27N7OS/c1-2-32-11-13-33(14-12-32)17-19-3-5-20(6-4-19)18-34-26-29-10-7-22(31-26)21(15-27)25-30-23-16-28-9-8-24(23)35-25/h3-10,16,21H,2,11-14,17-18H2,1H3. The van der Waals surface area contributed by atoms with E-state index in [1.54, 1.807) is 24.7 Å². The SMILES string of the molecule is CCN1CCN(Cc2ccc(COc3nccc(C(C#N)c4nc5cnccc5s4)n3)cc2)CC1. The molecule has 8 nitrogen and oxygen atoms in total. The van der Waals surface area contributed by atoms with Crippen LogP contribution in [-0.2, 0) is 13.2 Å². The highest BCUT2D eigenvalue weighted by atomic mass is 32.1. The first-order valence-corrected chi connectivity index (χ1v) is 12.6. The number of fused-ring (bicyclic) bond motifs is 1. The van der Waals surface area contributed by atoms with Crippen molar-refractivity contribution in [2.75, 3.05) is 32.7 Å². The number of hydrogen-bond donors (Lipinski definition) is 0. The lowest BCUT2D eigenvalue weighted by molar-refractivity contribution is 0.132. The number of benzene rings is 1. The predicted molar refractivity (Wildman–Crippen MR) is 135 cm³/mol. The zero-order valence-electron chi connectivity index (χ0n) is 19.7. The number of ether oxygens (including phenoxy) is 1. The van der Waals surface area contributed by atoms with Crippen molar-refractivity contribution < 1.29 is 4.74 Å². The summed E-state index contributed by atoms with van der Waals surface area (Å²) < 4.78 is 6.85. The minimum atomic E-state index is -0.587. The maximum atomic E-state index is 9.82. The van der Waals surface area contributed by atoms with Gasteiger partial charge in [0.2, 0.25) is 0 Å². The molecular formula is C26H27N7OS. The molecule has 1 fully saturated rings. The van der Waals surface area contributed by atoms with Crippen molar-refractivity contribution in [2.45, 2.75) is 26.0 Å². The Labute approximate surface area is 208 Å². The number of nitrogens with zero attached hydrogens (tertiary/aromatic N) is 7. The molecule has 4 aromatic rings. The number of piperazine rings is 1. The molecule has 0 spiro atoms. The minimum absolute atomic E-state index is 0.253. The Kier molecular flexibility index (Phi) is 7.23. The highest BCUT2D eigenvalue weighted by Crippen LogP contribution is 2.30. The van der Waals surface area contributed by atoms with Crippen molar-refractivity contribution in [3.63, 3.8) is 0 Å². The molecule has 0 saturated carbocycles. The molecular weight excluding hydrogens is 458 g/mol. The largest absolute Gasteiger partial charge is 0.459 e. The van der Waals surface area contributed by atoms with Crippen LogP contribution < -0.4 is 4.74 Å². The Morgan fingerprint density at radius 2 is 1.77 bits per heavy atom. The molecule has 0 radical (unpaired) electrons. The number of thiazole rings is 1. The summed E-state index contributed by atoms with van der Waals surface area (Å²) in [6.07, 6.45) is 5.05. The van der Waals surface area contributed by atoms with Crippen molar-refractivity contribution in [2.24, 2.45) is 0 Å². The van der Waals surface area contributed by atoms with E-state index in [-0.39, 0.29) is 6.01 Å². The van der Waals surface area contributed by atoms with E-state index in [4.69, 9.17) is 4.74 Å². The fourth-order valence-corrected chi connectivity index (χ4v) is 5.16. The summed E-state index contributed by atoms with van der Waals surface area (Å²) in [6.45, 7) is 9.21. The van der Waals surface area contributed by atoms with Crippen LogP contribution in [0.1, 0.15) is 34.7 Å². The normalized spacial score (nSPS) is 15.7. The molecule has 4 heterocycles. The Morgan fingerprint density at radius 3 is 2.51 bits per heavy atom. The molecule has 35 heavy (non-hydrogen) atoms. The van der Waals surface area contributed by atoms with Gasteiger partial charge in [-0.2, -0.15) is 10.2 Å². The van der Waals surface area contributed by atoms with Crippen molar-refractivity contribution >= 4 is 21.6 Å². The van der Waals surface area contributed by atoms with Gasteiger partial charge in [-0.05, 0) is 29.8 Å². The highest BCUT2D eigenvalue weighted by Gasteiger charge is 2.21. The molecule has 178 valence electrons. The van der Waals surface area contributed by atoms with Crippen LogP contribution >= 0.6 is 11.3 Å². The Hall–Kier alpha value is -3.45. The van der Waals surface area contributed by atoms with Gasteiger partial charge >= 0.3 is 6.01 Å². The van der Waals surface area contributed by atoms with Crippen LogP contribution in [0, 0.1) is 11.3 Å². The van der Waals surface area contributed by atoms with Crippen LogP contribution in [0.15, 0.2) is 55.0 Å². The zero-order chi connectivity index (χ0) is 24.0. The number of hydrogen-bond acceptors (Lipinski definition) is 9. The van der Waals surface area contributed by atoms with E-state index in [1.807, 2.05) is 6.07 Å². The van der Waals surface area contributed by atoms with Gasteiger partial charge in [0, 0.05) is 45.1 Å². The molecule has 0 amide bonds. The van der Waals surface area contributed by atoms with Gasteiger partial charge < -0.3 is 9.64 Å². The van der Waals surface area contributed by atoms with E-state index in [2.05, 4.69) is 67.0 Å². The molecule has 1 atom stereocenters. The Balaban J connectivity index is 1.20. The van der Waals surface area contributed by atoms with Crippen LogP contribution in [0.3, 0.4) is 0 Å². The molecule has 0 N–H and O–H groups in total. The number of likely N-dealkylation sites (N-methyl/N-ethyl adjacent to an activating group) is 1. The monoisotopic (exact) mass is 485 g/mol. The van der Waals surface area contributed by atoms with Crippen molar-refractivity contribution in [1.29, 1.82) is 5.26 Å². The first-order chi connectivity index (χ1) is 17.2. The minimum Gasteiger partial charge on any atom is -0.459 e. The van der Waals surface area contributed by atoms with Crippen LogP contribution in [0.25, 0.3) is 10.2 Å². The average Bonchev–Trinajstić information content (AvgIpc) is 3.33. The smallest absolute Gasteiger partial charge is 0.316 e. The van der Waals surface area contributed by atoms with Gasteiger partial charge in [-0.3, -0.25) is 9.88 Å². The maximum Gasteiger partial charge on any atom is 0.316 e. The fraction of sp³-hybridized carbons (Fsp3) is 0.346. The number of nitriles is 1. The maximum absolute atomic E-state index is 9.82. The summed E-state index contributed by atoms with van der Waals surface area (Å²) in [4.78, 5) is 22.4. The third kappa shape index (κ3) is 5.62. The molecule has 0 aliphatic carbocycles. The fourth-order valence-electron chi connectivity index (χ4n) is 4.16. The first-order valence-electron chi connectivity index (χ1n) is 11.8. The second-order valence-corrected chi connectivity index (χ2v) is 9.60. The lowest BCUT2D eigenvalue weighted by atomic mass is 10.1. The van der Waals surface area contributed by atoms with Gasteiger partial charge in [0.25, 0.3) is 0 Å². The second kappa shape index (κ2) is 10.9. The highest BCUT2D eigenvalue weighted by molar-refractivity contribution is 7.18. The van der Waals surface area contributed by atoms with Crippen LogP contribution in [0.4, 0.5) is 0 Å². The van der Waals surface area contributed by atoms with E-state index in [0.717, 1.165) is 55.0 Å². The average molecular weight is 486 g/mol. The summed E-state index contributed by atoms with van der Waals surface area (Å²) in [6, 6.07) is 14.7. The second-order valence-electron chi connectivity index (χ2n) is 8.54. The van der Waals surface area contributed by atoms with Crippen molar-refractivity contribution in [1.82, 2.24) is 29.7 Å². The Bertz CT molecular complexity index is 1280. The van der Waals surface area contributed by atoms with Crippen molar-refractivity contribution in [3.05, 3.63) is 76.8 Å². The van der Waals surface area contributed by atoms with Gasteiger partial charge in [0.05, 0.1) is 28.2 Å². The molecule has 1 aliphatic rings. The predicted octanol–water partition coefficient (Wildman–Crippen LogP) is 3.85. The summed E-state index contributed by atoms with van der Waals surface area (Å²) in [5, 5.41) is 10.5. The third-order valence-corrected chi connectivity index (χ3v) is 7.34. The number of rotatable bonds is 8. The first kappa shape index (κ1) is 23.3. The molecule has 1 aliphatic heterocycles. The topological polar surface area (TPSA) is 91.1 Å². The molecule has 3 aromatic heterocycles. The molecule has 0 bridgehead atoms. The number of pyridine rings is 1. The lowest BCUT2D eigenvalue weighted by Crippen LogP contribution is -2.45. The van der Waals surface area contributed by atoms with Crippen molar-refractivity contribution in [3.8, 4) is 12.1 Å². The summed E-state index contributed by atoms with van der Waals surface area (Å²) >= 11 is 1.48. The van der Waals surface area contributed by atoms with E-state index in [1.165, 1.54) is 16.9 Å². The van der Waals surface area contributed by atoms with Gasteiger partial charge in [0.1, 0.15) is 17.5 Å². The summed E-state index contributed by atoms with van der Waals surface area (Å²) in [5.41, 5.74) is 3.71. The van der Waals surface area contributed by atoms with Crippen LogP contribution in [0.5, 0.6) is 6.01 Å². The third-order valence-electron chi connectivity index (χ3n) is 6.24. The van der Waals surface area contributed by atoms with E-state index in [0.29, 0.717) is 17.3 Å². The quantitative estimate of drug-likeness (QED) is 0.372. The van der Waals surface area contributed by atoms with Gasteiger partial charge in [-0.1, -0.05) is 31.2 Å². The van der Waals surface area contributed by atoms with E-state index >= 15 is 0 Å². The molecule has 1 aromatic carbocycles. The summed E-state index contributed by atoms with van der Waals surface area (Å²) in [5.74, 6) is -0.587. The van der Waals surface area contributed by atoms with E-state index < -0.39 is 5.92 Å². The van der Waals surface area contributed by atoms with E-state index in [9.17, 15) is 5.26 Å². The number of aromatic nitrogens is 4. The van der Waals surface area contributed by atoms with Gasteiger partial charge in [-0.25, -0.2) is 9.97 Å². The Morgan fingerprint density at radius 1 is 1.00 bits per heavy atom. The van der Waals surface area contributed by atoms with Crippen LogP contribution in [-0.4, -0.2) is 62.5 Å². The molecule has 1 saturated heterocycles. The summed E-state index contributed by atoms with van der Waals surface area (Å²) in [7, 11) is 0. The van der Waals surface area contributed by atoms with Crippen LogP contribution in [0.2, 0.25) is 0 Å². The molecule has 1 unspecified atom stereocenters.